The van der Waals surface area contributed by atoms with Crippen molar-refractivity contribution in [1.29, 1.82) is 0 Å². The molecule has 1 aromatic carbocycles. The van der Waals surface area contributed by atoms with Gasteiger partial charge in [-0.05, 0) is 55.4 Å². The van der Waals surface area contributed by atoms with E-state index in [4.69, 9.17) is 4.74 Å². The lowest BCUT2D eigenvalue weighted by Crippen LogP contribution is -2.08. The first-order valence-corrected chi connectivity index (χ1v) is 8.84. The molecule has 0 spiro atoms. The molecular weight excluding hydrogens is 360 g/mol. The van der Waals surface area contributed by atoms with Gasteiger partial charge in [0.1, 0.15) is 11.4 Å². The minimum atomic E-state index is -0.951. The maximum Gasteiger partial charge on any atom is 0.354 e. The van der Waals surface area contributed by atoms with Crippen LogP contribution < -0.4 is 4.74 Å². The number of H-pyrrole nitrogens is 1. The summed E-state index contributed by atoms with van der Waals surface area (Å²) in [6.07, 6.45) is 4.62. The van der Waals surface area contributed by atoms with Crippen molar-refractivity contribution in [2.45, 2.75) is 32.1 Å². The molecule has 5 nitrogen and oxygen atoms in total. The van der Waals surface area contributed by atoms with E-state index >= 15 is 0 Å². The summed E-state index contributed by atoms with van der Waals surface area (Å²) in [5.41, 5.74) is 5.14. The molecule has 0 atom stereocenters. The Kier molecular flexibility index (Phi) is 4.71. The molecular formula is C17H19BrN2O3. The van der Waals surface area contributed by atoms with Gasteiger partial charge in [0.25, 0.3) is 0 Å². The smallest absolute Gasteiger partial charge is 0.354 e. The molecule has 2 N–H and O–H groups in total. The predicted molar refractivity (Wildman–Crippen MR) is 91.7 cm³/mol. The van der Waals surface area contributed by atoms with Crippen LogP contribution in [0.4, 0.5) is 0 Å². The van der Waals surface area contributed by atoms with Crippen LogP contribution in [0.25, 0.3) is 11.3 Å². The van der Waals surface area contributed by atoms with Crippen LogP contribution in [0.2, 0.25) is 0 Å². The number of aromatic carboxylic acids is 1. The number of carbonyl (C=O) groups is 1. The first kappa shape index (κ1) is 16.1. The van der Waals surface area contributed by atoms with Gasteiger partial charge in [-0.3, -0.25) is 5.10 Å². The van der Waals surface area contributed by atoms with E-state index in [0.29, 0.717) is 6.42 Å². The third-order valence-corrected chi connectivity index (χ3v) is 4.88. The maximum absolute atomic E-state index is 11.3. The number of benzene rings is 1. The van der Waals surface area contributed by atoms with Gasteiger partial charge in [0, 0.05) is 16.5 Å². The van der Waals surface area contributed by atoms with E-state index in [0.717, 1.165) is 59.1 Å². The highest BCUT2D eigenvalue weighted by Crippen LogP contribution is 2.37. The van der Waals surface area contributed by atoms with Crippen molar-refractivity contribution in [2.24, 2.45) is 0 Å². The van der Waals surface area contributed by atoms with Crippen molar-refractivity contribution in [3.63, 3.8) is 0 Å². The summed E-state index contributed by atoms with van der Waals surface area (Å²) in [6.45, 7) is 0. The number of nitrogens with zero attached hydrogens (tertiary/aromatic N) is 1. The fourth-order valence-corrected chi connectivity index (χ4v) is 3.55. The summed E-state index contributed by atoms with van der Waals surface area (Å²) in [4.78, 5) is 11.3. The summed E-state index contributed by atoms with van der Waals surface area (Å²) < 4.78 is 5.54. The number of halogens is 1. The van der Waals surface area contributed by atoms with Crippen molar-refractivity contribution in [1.82, 2.24) is 10.2 Å². The van der Waals surface area contributed by atoms with E-state index in [1.807, 2.05) is 0 Å². The monoisotopic (exact) mass is 378 g/mol. The van der Waals surface area contributed by atoms with Crippen LogP contribution in [0.3, 0.4) is 0 Å². The highest BCUT2D eigenvalue weighted by molar-refractivity contribution is 9.09. The zero-order chi connectivity index (χ0) is 16.4. The number of aryl methyl sites for hydroxylation is 2. The number of aromatic nitrogens is 2. The molecule has 3 rings (SSSR count). The molecule has 23 heavy (non-hydrogen) atoms. The predicted octanol–water partition coefficient (Wildman–Crippen LogP) is 3.60. The van der Waals surface area contributed by atoms with Gasteiger partial charge in [-0.2, -0.15) is 5.10 Å². The molecule has 1 aliphatic rings. The number of hydrogen-bond donors (Lipinski definition) is 2. The fraction of sp³-hybridized carbons (Fsp3) is 0.412. The number of carboxylic acid groups (broad SMARTS) is 1. The lowest BCUT2D eigenvalue weighted by molar-refractivity contribution is 0.0689. The van der Waals surface area contributed by atoms with E-state index in [1.165, 1.54) is 5.56 Å². The Labute approximate surface area is 143 Å². The quantitative estimate of drug-likeness (QED) is 0.594. The number of hydrogen-bond acceptors (Lipinski definition) is 3. The largest absolute Gasteiger partial charge is 0.496 e. The van der Waals surface area contributed by atoms with E-state index < -0.39 is 5.97 Å². The number of unbranched alkanes of at least 4 members (excludes halogenated alkanes) is 1. The van der Waals surface area contributed by atoms with Crippen molar-refractivity contribution in [2.75, 3.05) is 12.4 Å². The van der Waals surface area contributed by atoms with Crippen LogP contribution in [0.1, 0.15) is 40.0 Å². The molecule has 1 aliphatic carbocycles. The van der Waals surface area contributed by atoms with Crippen molar-refractivity contribution >= 4 is 21.9 Å². The van der Waals surface area contributed by atoms with Crippen LogP contribution in [0.5, 0.6) is 5.75 Å². The summed E-state index contributed by atoms with van der Waals surface area (Å²) in [6, 6.07) is 4.20. The van der Waals surface area contributed by atoms with Crippen molar-refractivity contribution < 1.29 is 14.6 Å². The third-order valence-electron chi connectivity index (χ3n) is 4.32. The van der Waals surface area contributed by atoms with Crippen LogP contribution in [0, 0.1) is 0 Å². The molecule has 0 saturated heterocycles. The Morgan fingerprint density at radius 2 is 2.22 bits per heavy atom. The average molecular weight is 379 g/mol. The zero-order valence-electron chi connectivity index (χ0n) is 13.0. The fourth-order valence-electron chi connectivity index (χ4n) is 3.16. The highest BCUT2D eigenvalue weighted by atomic mass is 79.9. The van der Waals surface area contributed by atoms with Gasteiger partial charge in [-0.25, -0.2) is 4.79 Å². The second-order valence-electron chi connectivity index (χ2n) is 5.70. The third kappa shape index (κ3) is 3.00. The van der Waals surface area contributed by atoms with Gasteiger partial charge in [0.05, 0.1) is 12.8 Å². The standard InChI is InChI=1S/C17H19BrN2O3/c1-23-14-9-10-5-6-12-15(19-20-16(12)17(21)22)13(10)8-11(14)4-2-3-7-18/h8-9H,2-7H2,1H3,(H,19,20)(H,21,22). The molecule has 2 aromatic rings. The van der Waals surface area contributed by atoms with Crippen LogP contribution in [0.15, 0.2) is 12.1 Å². The van der Waals surface area contributed by atoms with E-state index in [-0.39, 0.29) is 5.69 Å². The van der Waals surface area contributed by atoms with Gasteiger partial charge in [0.2, 0.25) is 0 Å². The second kappa shape index (κ2) is 6.74. The topological polar surface area (TPSA) is 75.2 Å². The van der Waals surface area contributed by atoms with Gasteiger partial charge in [-0.1, -0.05) is 15.9 Å². The number of fused-ring (bicyclic) bond motifs is 3. The van der Waals surface area contributed by atoms with Crippen LogP contribution in [-0.4, -0.2) is 33.7 Å². The van der Waals surface area contributed by atoms with Crippen molar-refractivity contribution in [3.05, 3.63) is 34.5 Å². The number of ether oxygens (including phenoxy) is 1. The molecule has 0 bridgehead atoms. The highest BCUT2D eigenvalue weighted by Gasteiger charge is 2.26. The molecule has 0 unspecified atom stereocenters. The molecule has 0 saturated carbocycles. The maximum atomic E-state index is 11.3. The zero-order valence-corrected chi connectivity index (χ0v) is 14.6. The van der Waals surface area contributed by atoms with Gasteiger partial charge in [-0.15, -0.1) is 0 Å². The molecule has 0 radical (unpaired) electrons. The van der Waals surface area contributed by atoms with Crippen LogP contribution in [-0.2, 0) is 19.3 Å². The summed E-state index contributed by atoms with van der Waals surface area (Å²) in [5, 5.41) is 17.2. The van der Waals surface area contributed by atoms with Crippen molar-refractivity contribution in [3.8, 4) is 17.0 Å². The van der Waals surface area contributed by atoms with Gasteiger partial charge in [0.15, 0.2) is 0 Å². The number of carboxylic acids is 1. The Bertz CT molecular complexity index is 740. The van der Waals surface area contributed by atoms with Crippen LogP contribution >= 0.6 is 15.9 Å². The summed E-state index contributed by atoms with van der Waals surface area (Å²) >= 11 is 3.46. The van der Waals surface area contributed by atoms with E-state index in [2.05, 4.69) is 38.3 Å². The Hall–Kier alpha value is -1.82. The Morgan fingerprint density at radius 3 is 2.91 bits per heavy atom. The number of rotatable bonds is 6. The number of alkyl halides is 1. The molecule has 1 heterocycles. The Morgan fingerprint density at radius 1 is 1.39 bits per heavy atom. The molecule has 0 aliphatic heterocycles. The first-order chi connectivity index (χ1) is 11.2. The van der Waals surface area contributed by atoms with Gasteiger partial charge < -0.3 is 9.84 Å². The van der Waals surface area contributed by atoms with E-state index in [1.54, 1.807) is 7.11 Å². The average Bonchev–Trinajstić information content (AvgIpc) is 2.99. The Balaban J connectivity index is 2.02. The van der Waals surface area contributed by atoms with E-state index in [9.17, 15) is 9.90 Å². The summed E-state index contributed by atoms with van der Waals surface area (Å²) in [5.74, 6) is -0.0379. The minimum Gasteiger partial charge on any atom is -0.496 e. The molecule has 6 heteroatoms. The normalized spacial score (nSPS) is 12.6. The lowest BCUT2D eigenvalue weighted by Gasteiger charge is -2.19. The molecule has 0 fully saturated rings. The first-order valence-electron chi connectivity index (χ1n) is 7.72. The SMILES string of the molecule is COc1cc2c(cc1CCCCBr)-c1n[nH]c(C(=O)O)c1CC2. The molecule has 0 amide bonds. The second-order valence-corrected chi connectivity index (χ2v) is 6.49. The number of nitrogens with one attached hydrogen (secondary N) is 1. The minimum absolute atomic E-state index is 0.210. The molecule has 1 aromatic heterocycles. The lowest BCUT2D eigenvalue weighted by atomic mass is 9.87. The molecule has 122 valence electrons. The number of aromatic amines is 1. The summed E-state index contributed by atoms with van der Waals surface area (Å²) in [7, 11) is 1.70. The van der Waals surface area contributed by atoms with Gasteiger partial charge >= 0.3 is 5.97 Å². The number of methoxy groups -OCH3 is 1.